The molecular weight excluding hydrogens is 232 g/mol. The third-order valence-corrected chi connectivity index (χ3v) is 3.75. The maximum atomic E-state index is 10.7. The van der Waals surface area contributed by atoms with Gasteiger partial charge in [-0.15, -0.1) is 11.3 Å². The minimum Gasteiger partial charge on any atom is -0.493 e. The smallest absolute Gasteiger partial charge is 0.467 e. The average molecular weight is 239 g/mol. The largest absolute Gasteiger partial charge is 0.493 e. The zero-order valence-corrected chi connectivity index (χ0v) is 9.74. The summed E-state index contributed by atoms with van der Waals surface area (Å²) in [6.45, 7) is 1.70. The molecule has 1 heterocycles. The van der Waals surface area contributed by atoms with Gasteiger partial charge in [-0.2, -0.15) is 10.5 Å². The number of methoxy groups -OCH3 is 1. The molecule has 0 aliphatic carbocycles. The standard InChI is InChI=1S/C9H7N2O2S2/c1-5(15-12)9-6(3-10)8(13-2)7(4-11)14-9/h5H,1-2H3/q+1. The summed E-state index contributed by atoms with van der Waals surface area (Å²) in [7, 11) is 1.41. The number of ether oxygens (including phenoxy) is 1. The minimum absolute atomic E-state index is 0.279. The van der Waals surface area contributed by atoms with E-state index in [1.54, 1.807) is 6.92 Å². The molecule has 0 N–H and O–H groups in total. The first-order valence-electron chi connectivity index (χ1n) is 3.99. The Morgan fingerprint density at radius 3 is 2.53 bits per heavy atom. The van der Waals surface area contributed by atoms with E-state index in [1.165, 1.54) is 7.11 Å². The second-order valence-corrected chi connectivity index (χ2v) is 4.62. The van der Waals surface area contributed by atoms with Crippen molar-refractivity contribution in [2.24, 2.45) is 0 Å². The van der Waals surface area contributed by atoms with Crippen molar-refractivity contribution in [2.75, 3.05) is 7.11 Å². The molecule has 15 heavy (non-hydrogen) atoms. The molecule has 0 aliphatic heterocycles. The highest BCUT2D eigenvalue weighted by Crippen LogP contribution is 2.38. The molecule has 6 heteroatoms. The number of rotatable bonds is 3. The number of thiophene rings is 1. The molecular formula is C9H7N2O2S2+. The van der Waals surface area contributed by atoms with Crippen molar-refractivity contribution >= 4 is 23.0 Å². The van der Waals surface area contributed by atoms with Crippen LogP contribution in [0, 0.1) is 22.7 Å². The molecule has 1 aromatic heterocycles. The fourth-order valence-electron chi connectivity index (χ4n) is 1.14. The number of nitriles is 2. The molecule has 0 aromatic carbocycles. The topological polar surface area (TPSA) is 73.9 Å². The quantitative estimate of drug-likeness (QED) is 0.756. The van der Waals surface area contributed by atoms with E-state index in [-0.39, 0.29) is 11.0 Å². The summed E-state index contributed by atoms with van der Waals surface area (Å²) in [5, 5.41) is 17.4. The summed E-state index contributed by atoms with van der Waals surface area (Å²) in [4.78, 5) is 0.941. The molecule has 0 amide bonds. The molecule has 1 aromatic rings. The van der Waals surface area contributed by atoms with Gasteiger partial charge in [-0.3, -0.25) is 0 Å². The second-order valence-electron chi connectivity index (χ2n) is 2.67. The monoisotopic (exact) mass is 239 g/mol. The summed E-state index contributed by atoms with van der Waals surface area (Å²) in [5.41, 5.74) is 0.301. The van der Waals surface area contributed by atoms with Gasteiger partial charge in [0, 0.05) is 11.1 Å². The Bertz CT molecular complexity index is 468. The van der Waals surface area contributed by atoms with Gasteiger partial charge in [-0.05, 0) is 0 Å². The van der Waals surface area contributed by atoms with Crippen molar-refractivity contribution in [3.63, 3.8) is 0 Å². The maximum Gasteiger partial charge on any atom is 0.467 e. The predicted octanol–water partition coefficient (Wildman–Crippen LogP) is 1.99. The molecule has 4 nitrogen and oxygen atoms in total. The molecule has 0 bridgehead atoms. The third kappa shape index (κ3) is 1.96. The van der Waals surface area contributed by atoms with Crippen LogP contribution in [0.15, 0.2) is 0 Å². The van der Waals surface area contributed by atoms with E-state index < -0.39 is 0 Å². The van der Waals surface area contributed by atoms with Gasteiger partial charge in [0.05, 0.1) is 12.0 Å². The van der Waals surface area contributed by atoms with E-state index in [2.05, 4.69) is 0 Å². The van der Waals surface area contributed by atoms with Gasteiger partial charge >= 0.3 is 11.7 Å². The van der Waals surface area contributed by atoms with Crippen LogP contribution in [0.2, 0.25) is 0 Å². The van der Waals surface area contributed by atoms with E-state index in [0.29, 0.717) is 27.0 Å². The van der Waals surface area contributed by atoms with Crippen LogP contribution >= 0.6 is 11.3 Å². The molecule has 0 saturated carbocycles. The highest BCUT2D eigenvalue weighted by atomic mass is 32.1. The molecule has 76 valence electrons. The Morgan fingerprint density at radius 2 is 2.13 bits per heavy atom. The highest BCUT2D eigenvalue weighted by molar-refractivity contribution is 7.66. The maximum absolute atomic E-state index is 10.7. The second kappa shape index (κ2) is 4.83. The lowest BCUT2D eigenvalue weighted by molar-refractivity contribution is 0.414. The van der Waals surface area contributed by atoms with Gasteiger partial charge in [0.1, 0.15) is 22.6 Å². The first-order valence-corrected chi connectivity index (χ1v) is 5.61. The highest BCUT2D eigenvalue weighted by Gasteiger charge is 2.29. The fraction of sp³-hybridized carbons (Fsp3) is 0.333. The van der Waals surface area contributed by atoms with Crippen LogP contribution in [0.5, 0.6) is 5.75 Å². The van der Waals surface area contributed by atoms with Gasteiger partial charge in [-0.25, -0.2) is 0 Å². The van der Waals surface area contributed by atoms with E-state index in [1.807, 2.05) is 12.1 Å². The Morgan fingerprint density at radius 1 is 1.47 bits per heavy atom. The first kappa shape index (κ1) is 11.6. The van der Waals surface area contributed by atoms with Crippen LogP contribution in [0.4, 0.5) is 0 Å². The molecule has 0 spiro atoms. The molecule has 0 fully saturated rings. The lowest BCUT2D eigenvalue weighted by Gasteiger charge is -1.95. The van der Waals surface area contributed by atoms with Gasteiger partial charge in [0.2, 0.25) is 0 Å². The normalized spacial score (nSPS) is 11.2. The minimum atomic E-state index is -0.347. The van der Waals surface area contributed by atoms with Crippen molar-refractivity contribution < 1.29 is 8.95 Å². The number of hydrogen-bond donors (Lipinski definition) is 0. The zero-order chi connectivity index (χ0) is 11.4. The molecule has 0 saturated heterocycles. The number of nitrogens with zero attached hydrogens (tertiary/aromatic N) is 2. The number of hydrogen-bond acceptors (Lipinski definition) is 5. The third-order valence-electron chi connectivity index (χ3n) is 1.82. The van der Waals surface area contributed by atoms with Crippen LogP contribution in [0.25, 0.3) is 0 Å². The summed E-state index contributed by atoms with van der Waals surface area (Å²) in [5.74, 6) is 0.279. The summed E-state index contributed by atoms with van der Waals surface area (Å²) in [6.07, 6.45) is 0. The Balaban J connectivity index is 3.43. The van der Waals surface area contributed by atoms with Crippen LogP contribution in [-0.4, -0.2) is 7.11 Å². The van der Waals surface area contributed by atoms with Crippen molar-refractivity contribution in [3.8, 4) is 17.9 Å². The molecule has 1 unspecified atom stereocenters. The van der Waals surface area contributed by atoms with E-state index >= 15 is 0 Å². The SMILES string of the molecule is COc1c(C#N)sc(C(C)[S+]=O)c1C#N. The average Bonchev–Trinajstić information content (AvgIpc) is 2.65. The first-order chi connectivity index (χ1) is 7.19. The van der Waals surface area contributed by atoms with Gasteiger partial charge in [0.15, 0.2) is 5.75 Å². The Labute approximate surface area is 95.2 Å². The lowest BCUT2D eigenvalue weighted by atomic mass is 10.2. The molecule has 0 radical (unpaired) electrons. The van der Waals surface area contributed by atoms with Gasteiger partial charge < -0.3 is 4.74 Å². The van der Waals surface area contributed by atoms with E-state index in [4.69, 9.17) is 15.3 Å². The zero-order valence-electron chi connectivity index (χ0n) is 8.10. The Hall–Kier alpha value is -1.50. The Kier molecular flexibility index (Phi) is 3.73. The van der Waals surface area contributed by atoms with Crippen LogP contribution < -0.4 is 4.74 Å². The summed E-state index contributed by atoms with van der Waals surface area (Å²) >= 11 is 1.53. The molecule has 1 atom stereocenters. The van der Waals surface area contributed by atoms with E-state index in [9.17, 15) is 4.21 Å². The van der Waals surface area contributed by atoms with Crippen molar-refractivity contribution in [1.82, 2.24) is 0 Å². The summed E-state index contributed by atoms with van der Waals surface area (Å²) in [6, 6.07) is 3.92. The van der Waals surface area contributed by atoms with Crippen molar-refractivity contribution in [3.05, 3.63) is 15.3 Å². The van der Waals surface area contributed by atoms with E-state index in [0.717, 1.165) is 11.3 Å². The van der Waals surface area contributed by atoms with Gasteiger partial charge in [-0.1, -0.05) is 0 Å². The van der Waals surface area contributed by atoms with Crippen LogP contribution in [0.1, 0.15) is 27.5 Å². The van der Waals surface area contributed by atoms with Crippen molar-refractivity contribution in [2.45, 2.75) is 12.2 Å². The molecule has 0 aliphatic rings. The molecule has 1 rings (SSSR count). The predicted molar refractivity (Wildman–Crippen MR) is 56.8 cm³/mol. The summed E-state index contributed by atoms with van der Waals surface area (Å²) < 4.78 is 15.7. The van der Waals surface area contributed by atoms with Gasteiger partial charge in [0.25, 0.3) is 5.25 Å². The van der Waals surface area contributed by atoms with Crippen LogP contribution in [0.3, 0.4) is 0 Å². The van der Waals surface area contributed by atoms with Crippen LogP contribution in [-0.2, 0) is 15.9 Å². The lowest BCUT2D eigenvalue weighted by Crippen LogP contribution is -1.91. The fourth-order valence-corrected chi connectivity index (χ4v) is 2.55. The van der Waals surface area contributed by atoms with Crippen molar-refractivity contribution in [1.29, 1.82) is 10.5 Å².